The summed E-state index contributed by atoms with van der Waals surface area (Å²) in [6.45, 7) is 1.32. The summed E-state index contributed by atoms with van der Waals surface area (Å²) in [5, 5.41) is 0. The fraction of sp³-hybridized carbons (Fsp3) is 0.208. The number of benzene rings is 3. The Balaban J connectivity index is 1.82. The Hall–Kier alpha value is -3.11. The van der Waals surface area contributed by atoms with Crippen molar-refractivity contribution in [1.29, 1.82) is 0 Å². The molecule has 0 radical (unpaired) electrons. The minimum atomic E-state index is -0.500. The second kappa shape index (κ2) is 7.49. The molecule has 4 rings (SSSR count). The average Bonchev–Trinajstić information content (AvgIpc) is 3.05. The quantitative estimate of drug-likeness (QED) is 0.737. The van der Waals surface area contributed by atoms with Crippen molar-refractivity contribution >= 4 is 5.96 Å². The molecule has 3 aromatic rings. The summed E-state index contributed by atoms with van der Waals surface area (Å²) in [7, 11) is 3.71. The normalized spacial score (nSPS) is 18.9. The second-order valence-electron chi connectivity index (χ2n) is 7.27. The number of hydrogen-bond donors (Lipinski definition) is 1. The molecule has 0 saturated heterocycles. The lowest BCUT2D eigenvalue weighted by Crippen LogP contribution is -2.34. The first-order valence-corrected chi connectivity index (χ1v) is 9.43. The van der Waals surface area contributed by atoms with Gasteiger partial charge in [-0.1, -0.05) is 66.7 Å². The fourth-order valence-corrected chi connectivity index (χ4v) is 3.90. The van der Waals surface area contributed by atoms with Gasteiger partial charge < -0.3 is 15.4 Å². The molecule has 4 nitrogen and oxygen atoms in total. The lowest BCUT2D eigenvalue weighted by atomic mass is 9.82. The molecular weight excluding hydrogens is 346 g/mol. The number of ether oxygens (including phenoxy) is 1. The Labute approximate surface area is 166 Å². The van der Waals surface area contributed by atoms with Crippen LogP contribution in [0.4, 0.5) is 0 Å². The molecule has 0 aromatic heterocycles. The van der Waals surface area contributed by atoms with Crippen LogP contribution in [0.3, 0.4) is 0 Å². The summed E-state index contributed by atoms with van der Waals surface area (Å²) >= 11 is 0. The molecule has 1 aliphatic rings. The molecule has 1 atom stereocenters. The standard InChI is InChI=1S/C24H25N3O/c1-27-17-24(26-23(27)25,21-11-4-3-5-12-21)22-13-7-10-20(15-22)19-9-6-8-18(14-19)16-28-2/h3-15H,16-17H2,1-2H3,(H2,25,26). The molecule has 2 N–H and O–H groups in total. The molecular formula is C24H25N3O. The molecule has 3 aromatic carbocycles. The van der Waals surface area contributed by atoms with Gasteiger partial charge in [0.25, 0.3) is 0 Å². The molecule has 0 amide bonds. The van der Waals surface area contributed by atoms with Crippen molar-refractivity contribution in [2.24, 2.45) is 10.7 Å². The minimum Gasteiger partial charge on any atom is -0.380 e. The molecule has 0 saturated carbocycles. The number of aliphatic imine (C=N–C) groups is 1. The van der Waals surface area contributed by atoms with Crippen LogP contribution in [-0.4, -0.2) is 31.6 Å². The maximum atomic E-state index is 6.19. The Morgan fingerprint density at radius 1 is 0.929 bits per heavy atom. The van der Waals surface area contributed by atoms with Crippen molar-refractivity contribution in [3.63, 3.8) is 0 Å². The zero-order valence-corrected chi connectivity index (χ0v) is 16.3. The van der Waals surface area contributed by atoms with Gasteiger partial charge in [-0.05, 0) is 39.9 Å². The zero-order valence-electron chi connectivity index (χ0n) is 16.3. The van der Waals surface area contributed by atoms with Gasteiger partial charge in [-0.15, -0.1) is 0 Å². The average molecular weight is 371 g/mol. The van der Waals surface area contributed by atoms with Gasteiger partial charge in [-0.3, -0.25) is 0 Å². The van der Waals surface area contributed by atoms with E-state index in [1.165, 1.54) is 5.56 Å². The minimum absolute atomic E-state index is 0.500. The van der Waals surface area contributed by atoms with Gasteiger partial charge in [0.05, 0.1) is 13.2 Å². The third kappa shape index (κ3) is 3.27. The molecule has 0 aliphatic carbocycles. The van der Waals surface area contributed by atoms with Gasteiger partial charge in [0.1, 0.15) is 5.54 Å². The smallest absolute Gasteiger partial charge is 0.192 e. The molecule has 0 spiro atoms. The highest BCUT2D eigenvalue weighted by Gasteiger charge is 2.40. The van der Waals surface area contributed by atoms with Crippen molar-refractivity contribution in [1.82, 2.24) is 4.90 Å². The Morgan fingerprint density at radius 3 is 2.29 bits per heavy atom. The van der Waals surface area contributed by atoms with Crippen LogP contribution in [0.2, 0.25) is 0 Å². The summed E-state index contributed by atoms with van der Waals surface area (Å²) in [4.78, 5) is 6.94. The second-order valence-corrected chi connectivity index (χ2v) is 7.27. The van der Waals surface area contributed by atoms with E-state index in [4.69, 9.17) is 15.5 Å². The Bertz CT molecular complexity index is 999. The van der Waals surface area contributed by atoms with Crippen molar-refractivity contribution < 1.29 is 4.74 Å². The largest absolute Gasteiger partial charge is 0.380 e. The lowest BCUT2D eigenvalue weighted by molar-refractivity contribution is 0.185. The first-order valence-electron chi connectivity index (χ1n) is 9.43. The van der Waals surface area contributed by atoms with Crippen LogP contribution in [0.25, 0.3) is 11.1 Å². The topological polar surface area (TPSA) is 50.9 Å². The van der Waals surface area contributed by atoms with Crippen molar-refractivity contribution in [3.05, 3.63) is 95.6 Å². The first-order chi connectivity index (χ1) is 13.6. The van der Waals surface area contributed by atoms with E-state index >= 15 is 0 Å². The highest BCUT2D eigenvalue weighted by Crippen LogP contribution is 2.39. The molecule has 1 aliphatic heterocycles. The third-order valence-electron chi connectivity index (χ3n) is 5.33. The van der Waals surface area contributed by atoms with Gasteiger partial charge in [0.2, 0.25) is 0 Å². The van der Waals surface area contributed by atoms with Gasteiger partial charge >= 0.3 is 0 Å². The van der Waals surface area contributed by atoms with Crippen molar-refractivity contribution in [2.75, 3.05) is 20.7 Å². The van der Waals surface area contributed by atoms with E-state index in [9.17, 15) is 0 Å². The summed E-state index contributed by atoms with van der Waals surface area (Å²) in [5.41, 5.74) is 11.5. The maximum absolute atomic E-state index is 6.19. The number of nitrogens with zero attached hydrogens (tertiary/aromatic N) is 2. The molecule has 1 unspecified atom stereocenters. The van der Waals surface area contributed by atoms with Gasteiger partial charge in [0.15, 0.2) is 5.96 Å². The number of nitrogens with two attached hydrogens (primary N) is 1. The van der Waals surface area contributed by atoms with Crippen LogP contribution in [-0.2, 0) is 16.9 Å². The molecule has 0 fully saturated rings. The molecule has 0 bridgehead atoms. The number of hydrogen-bond acceptors (Lipinski definition) is 4. The molecule has 142 valence electrons. The van der Waals surface area contributed by atoms with Crippen LogP contribution in [0, 0.1) is 0 Å². The predicted molar refractivity (Wildman–Crippen MR) is 114 cm³/mol. The molecule has 4 heteroatoms. The third-order valence-corrected chi connectivity index (χ3v) is 5.33. The van der Waals surface area contributed by atoms with Crippen LogP contribution in [0.1, 0.15) is 16.7 Å². The number of rotatable bonds is 5. The van der Waals surface area contributed by atoms with Crippen LogP contribution < -0.4 is 5.73 Å². The van der Waals surface area contributed by atoms with Crippen LogP contribution in [0.15, 0.2) is 83.9 Å². The van der Waals surface area contributed by atoms with Crippen LogP contribution >= 0.6 is 0 Å². The SMILES string of the molecule is COCc1cccc(-c2cccc(C3(c4ccccc4)CN(C)C(N)=N3)c2)c1. The molecule has 28 heavy (non-hydrogen) atoms. The molecule has 1 heterocycles. The number of likely N-dealkylation sites (N-methyl/N-ethyl adjacent to an activating group) is 1. The van der Waals surface area contributed by atoms with Gasteiger partial charge in [-0.25, -0.2) is 4.99 Å². The van der Waals surface area contributed by atoms with E-state index < -0.39 is 5.54 Å². The summed E-state index contributed by atoms with van der Waals surface area (Å²) in [6, 6.07) is 27.5. The first kappa shape index (κ1) is 18.3. The lowest BCUT2D eigenvalue weighted by Gasteiger charge is -2.28. The fourth-order valence-electron chi connectivity index (χ4n) is 3.90. The van der Waals surface area contributed by atoms with Crippen molar-refractivity contribution in [2.45, 2.75) is 12.1 Å². The summed E-state index contributed by atoms with van der Waals surface area (Å²) < 4.78 is 5.28. The predicted octanol–water partition coefficient (Wildman–Crippen LogP) is 4.00. The van der Waals surface area contributed by atoms with Crippen molar-refractivity contribution in [3.8, 4) is 11.1 Å². The van der Waals surface area contributed by atoms with E-state index in [2.05, 4.69) is 72.8 Å². The highest BCUT2D eigenvalue weighted by molar-refractivity contribution is 5.82. The monoisotopic (exact) mass is 371 g/mol. The zero-order chi connectivity index (χ0) is 19.6. The summed E-state index contributed by atoms with van der Waals surface area (Å²) in [6.07, 6.45) is 0. The van der Waals surface area contributed by atoms with Crippen LogP contribution in [0.5, 0.6) is 0 Å². The summed E-state index contributed by atoms with van der Waals surface area (Å²) in [5.74, 6) is 0.566. The van der Waals surface area contributed by atoms with Gasteiger partial charge in [-0.2, -0.15) is 0 Å². The van der Waals surface area contributed by atoms with E-state index in [0.29, 0.717) is 12.6 Å². The van der Waals surface area contributed by atoms with E-state index in [1.807, 2.05) is 18.0 Å². The number of methoxy groups -OCH3 is 1. The van der Waals surface area contributed by atoms with E-state index in [0.717, 1.165) is 28.8 Å². The highest BCUT2D eigenvalue weighted by atomic mass is 16.5. The Morgan fingerprint density at radius 2 is 1.61 bits per heavy atom. The number of guanidine groups is 1. The maximum Gasteiger partial charge on any atom is 0.192 e. The van der Waals surface area contributed by atoms with E-state index in [1.54, 1.807) is 7.11 Å². The van der Waals surface area contributed by atoms with E-state index in [-0.39, 0.29) is 0 Å². The Kier molecular flexibility index (Phi) is 4.88. The van der Waals surface area contributed by atoms with Gasteiger partial charge in [0, 0.05) is 14.2 Å².